The molecule has 4 aliphatic carbocycles. The van der Waals surface area contributed by atoms with Gasteiger partial charge in [-0.15, -0.1) is 0 Å². The Bertz CT molecular complexity index is 1150. The highest BCUT2D eigenvalue weighted by molar-refractivity contribution is 5.93. The Morgan fingerprint density at radius 1 is 0.711 bits per heavy atom. The van der Waals surface area contributed by atoms with Crippen molar-refractivity contribution < 1.29 is 23.8 Å². The first-order chi connectivity index (χ1) is 18.6. The summed E-state index contributed by atoms with van der Waals surface area (Å²) in [4.78, 5) is 23.1. The van der Waals surface area contributed by atoms with Crippen molar-refractivity contribution in [3.8, 4) is 11.5 Å². The zero-order chi connectivity index (χ0) is 26.6. The second-order valence-corrected chi connectivity index (χ2v) is 11.3. The van der Waals surface area contributed by atoms with Crippen LogP contribution >= 0.6 is 0 Å². The topological polar surface area (TPSA) is 61.8 Å². The fraction of sp³-hybridized carbons (Fsp3) is 0.576. The van der Waals surface area contributed by atoms with Crippen LogP contribution in [0.5, 0.6) is 11.5 Å². The molecule has 0 unspecified atom stereocenters. The maximum atomic E-state index is 12.0. The molecule has 4 fully saturated rings. The minimum absolute atomic E-state index is 0.296. The molecule has 0 aromatic heterocycles. The normalized spacial score (nSPS) is 18.9. The summed E-state index contributed by atoms with van der Waals surface area (Å²) < 4.78 is 16.2. The number of methoxy groups -OCH3 is 1. The maximum absolute atomic E-state index is 12.0. The number of carbonyl (C=O) groups is 2. The summed E-state index contributed by atoms with van der Waals surface area (Å²) in [5.74, 6) is 3.89. The van der Waals surface area contributed by atoms with Gasteiger partial charge in [-0.1, -0.05) is 12.8 Å². The lowest BCUT2D eigenvalue weighted by Crippen LogP contribution is -2.14. The van der Waals surface area contributed by atoms with Gasteiger partial charge < -0.3 is 14.2 Å². The van der Waals surface area contributed by atoms with E-state index in [-0.39, 0.29) is 5.97 Å². The van der Waals surface area contributed by atoms with E-state index in [9.17, 15) is 9.59 Å². The molecule has 0 atom stereocenters. The number of hydrogen-bond acceptors (Lipinski definition) is 5. The van der Waals surface area contributed by atoms with E-state index in [1.54, 1.807) is 0 Å². The molecule has 0 amide bonds. The average molecular weight is 519 g/mol. The van der Waals surface area contributed by atoms with Crippen LogP contribution in [-0.2, 0) is 4.74 Å². The molecule has 2 aromatic carbocycles. The van der Waals surface area contributed by atoms with Gasteiger partial charge in [-0.05, 0) is 135 Å². The van der Waals surface area contributed by atoms with Gasteiger partial charge in [0.15, 0.2) is 6.29 Å². The van der Waals surface area contributed by atoms with E-state index in [4.69, 9.17) is 14.2 Å². The fourth-order valence-electron chi connectivity index (χ4n) is 5.80. The predicted octanol–water partition coefficient (Wildman–Crippen LogP) is 8.06. The minimum Gasteiger partial charge on any atom is -0.493 e. The van der Waals surface area contributed by atoms with Gasteiger partial charge in [-0.2, -0.15) is 0 Å². The third-order valence-electron chi connectivity index (χ3n) is 8.66. The lowest BCUT2D eigenvalue weighted by Gasteiger charge is -2.29. The summed E-state index contributed by atoms with van der Waals surface area (Å²) in [6, 6.07) is 8.36. The Morgan fingerprint density at radius 3 is 1.58 bits per heavy atom. The van der Waals surface area contributed by atoms with Gasteiger partial charge >= 0.3 is 5.97 Å². The molecule has 0 saturated heterocycles. The monoisotopic (exact) mass is 518 g/mol. The predicted molar refractivity (Wildman–Crippen MR) is 149 cm³/mol. The molecule has 4 aliphatic rings. The third kappa shape index (κ3) is 5.77. The van der Waals surface area contributed by atoms with Gasteiger partial charge in [0, 0.05) is 0 Å². The summed E-state index contributed by atoms with van der Waals surface area (Å²) >= 11 is 0. The van der Waals surface area contributed by atoms with Crippen LogP contribution in [0.3, 0.4) is 0 Å². The van der Waals surface area contributed by atoms with E-state index in [0.29, 0.717) is 48.2 Å². The summed E-state index contributed by atoms with van der Waals surface area (Å²) in [6.07, 6.45) is 13.8. The fourth-order valence-corrected chi connectivity index (χ4v) is 5.80. The van der Waals surface area contributed by atoms with Gasteiger partial charge in [0.2, 0.25) is 0 Å². The smallest absolute Gasteiger partial charge is 0.341 e. The van der Waals surface area contributed by atoms with Crippen molar-refractivity contribution in [2.45, 2.75) is 102 Å². The highest BCUT2D eigenvalue weighted by Crippen LogP contribution is 2.50. The van der Waals surface area contributed by atoms with E-state index < -0.39 is 0 Å². The summed E-state index contributed by atoms with van der Waals surface area (Å²) in [5, 5.41) is 0. The van der Waals surface area contributed by atoms with E-state index >= 15 is 0 Å². The molecule has 6 rings (SSSR count). The van der Waals surface area contributed by atoms with Crippen molar-refractivity contribution in [3.05, 3.63) is 57.6 Å². The summed E-state index contributed by atoms with van der Waals surface area (Å²) in [6.45, 7) is 5.09. The molecule has 38 heavy (non-hydrogen) atoms. The van der Waals surface area contributed by atoms with Crippen molar-refractivity contribution in [1.82, 2.24) is 0 Å². The molecule has 0 N–H and O–H groups in total. The SMILES string of the molecule is CCOc1cc(C2CCC2)c(C2CC2)cc1C(=O)OC.CCOc1cc(C2CCC2)c(C2CC2)cc1C=O. The van der Waals surface area contributed by atoms with Crippen LogP contribution < -0.4 is 9.47 Å². The maximum Gasteiger partial charge on any atom is 0.341 e. The molecule has 0 aliphatic heterocycles. The Hall–Kier alpha value is -2.82. The summed E-state index contributed by atoms with van der Waals surface area (Å²) in [5.41, 5.74) is 6.96. The van der Waals surface area contributed by atoms with E-state index in [1.165, 1.54) is 93.6 Å². The number of ether oxygens (including phenoxy) is 3. The molecule has 0 heterocycles. The van der Waals surface area contributed by atoms with Gasteiger partial charge in [0.25, 0.3) is 0 Å². The molecular formula is C33H42O5. The molecular weight excluding hydrogens is 476 g/mol. The van der Waals surface area contributed by atoms with Crippen molar-refractivity contribution >= 4 is 12.3 Å². The lowest BCUT2D eigenvalue weighted by molar-refractivity contribution is 0.0596. The number of aldehydes is 1. The Labute approximate surface area is 227 Å². The van der Waals surface area contributed by atoms with Gasteiger partial charge in [-0.25, -0.2) is 4.79 Å². The van der Waals surface area contributed by atoms with Crippen molar-refractivity contribution in [3.63, 3.8) is 0 Å². The van der Waals surface area contributed by atoms with E-state index in [2.05, 4.69) is 18.2 Å². The van der Waals surface area contributed by atoms with E-state index in [1.807, 2.05) is 19.9 Å². The zero-order valence-electron chi connectivity index (χ0n) is 23.2. The van der Waals surface area contributed by atoms with E-state index in [0.717, 1.165) is 17.6 Å². The van der Waals surface area contributed by atoms with Crippen LogP contribution in [0.4, 0.5) is 0 Å². The van der Waals surface area contributed by atoms with Crippen LogP contribution in [0.15, 0.2) is 24.3 Å². The molecule has 0 radical (unpaired) electrons. The quantitative estimate of drug-likeness (QED) is 0.235. The van der Waals surface area contributed by atoms with Crippen molar-refractivity contribution in [2.75, 3.05) is 20.3 Å². The van der Waals surface area contributed by atoms with Crippen LogP contribution in [0.2, 0.25) is 0 Å². The van der Waals surface area contributed by atoms with Crippen LogP contribution in [0.1, 0.15) is 145 Å². The average Bonchev–Trinajstić information content (AvgIpc) is 3.76. The number of esters is 1. The van der Waals surface area contributed by atoms with Crippen LogP contribution in [0, 0.1) is 0 Å². The highest BCUT2D eigenvalue weighted by Gasteiger charge is 2.33. The third-order valence-corrected chi connectivity index (χ3v) is 8.66. The summed E-state index contributed by atoms with van der Waals surface area (Å²) in [7, 11) is 1.43. The standard InChI is InChI=1S/C17H22O3.C16H20O2/c1-3-20-16-10-14(11-5-4-6-11)13(12-7-8-12)9-15(16)17(18)19-2;1-2-18-16-9-15(11-4-3-5-11)14(12-6-7-12)8-13(16)10-17/h9-12H,3-8H2,1-2H3;8-12H,2-7H2,1H3. The zero-order valence-corrected chi connectivity index (χ0v) is 23.2. The Kier molecular flexibility index (Phi) is 8.40. The lowest BCUT2D eigenvalue weighted by atomic mass is 9.77. The van der Waals surface area contributed by atoms with Crippen LogP contribution in [-0.4, -0.2) is 32.6 Å². The number of benzene rings is 2. The largest absolute Gasteiger partial charge is 0.493 e. The number of rotatable bonds is 10. The molecule has 0 bridgehead atoms. The number of hydrogen-bond donors (Lipinski definition) is 0. The molecule has 5 nitrogen and oxygen atoms in total. The second kappa shape index (κ2) is 11.9. The first kappa shape index (κ1) is 26.8. The first-order valence-electron chi connectivity index (χ1n) is 14.7. The highest BCUT2D eigenvalue weighted by atomic mass is 16.5. The molecule has 5 heteroatoms. The van der Waals surface area contributed by atoms with Gasteiger partial charge in [0.05, 0.1) is 25.9 Å². The second-order valence-electron chi connectivity index (χ2n) is 11.3. The first-order valence-corrected chi connectivity index (χ1v) is 14.7. The minimum atomic E-state index is -0.296. The molecule has 0 spiro atoms. The van der Waals surface area contributed by atoms with Gasteiger partial charge in [-0.3, -0.25) is 4.79 Å². The Balaban J connectivity index is 0.000000156. The van der Waals surface area contributed by atoms with Crippen molar-refractivity contribution in [1.29, 1.82) is 0 Å². The number of carbonyl (C=O) groups excluding carboxylic acids is 2. The van der Waals surface area contributed by atoms with Gasteiger partial charge in [0.1, 0.15) is 17.1 Å². The molecule has 2 aromatic rings. The van der Waals surface area contributed by atoms with Crippen molar-refractivity contribution in [2.24, 2.45) is 0 Å². The molecule has 204 valence electrons. The Morgan fingerprint density at radius 2 is 1.16 bits per heavy atom. The molecule has 4 saturated carbocycles. The van der Waals surface area contributed by atoms with Crippen LogP contribution in [0.25, 0.3) is 0 Å².